The average molecular weight is 288 g/mol. The number of nitrogens with one attached hydrogen (secondary N) is 1. The molecule has 3 rings (SSSR count). The zero-order valence-electron chi connectivity index (χ0n) is 13.2. The fraction of sp³-hybridized carbons (Fsp3) is 0.765. The Labute approximate surface area is 128 Å². The summed E-state index contributed by atoms with van der Waals surface area (Å²) in [6.07, 6.45) is 9.77. The van der Waals surface area contributed by atoms with Gasteiger partial charge in [-0.15, -0.1) is 5.10 Å². The summed E-state index contributed by atoms with van der Waals surface area (Å²) < 4.78 is 0. The van der Waals surface area contributed by atoms with E-state index in [1.807, 2.05) is 19.1 Å². The predicted octanol–water partition coefficient (Wildman–Crippen LogP) is 3.24. The van der Waals surface area contributed by atoms with Crippen molar-refractivity contribution in [2.75, 3.05) is 25.0 Å². The maximum atomic E-state index is 4.23. The topological polar surface area (TPSA) is 41.0 Å². The van der Waals surface area contributed by atoms with E-state index in [0.29, 0.717) is 6.04 Å². The molecule has 2 aliphatic rings. The molecule has 1 aliphatic heterocycles. The lowest BCUT2D eigenvalue weighted by atomic mass is 9.88. The van der Waals surface area contributed by atoms with Crippen molar-refractivity contribution in [1.82, 2.24) is 15.1 Å². The minimum absolute atomic E-state index is 0.527. The van der Waals surface area contributed by atoms with E-state index in [1.165, 1.54) is 58.0 Å². The number of aryl methyl sites for hydroxylation is 1. The summed E-state index contributed by atoms with van der Waals surface area (Å²) >= 11 is 0. The molecule has 0 amide bonds. The maximum absolute atomic E-state index is 4.23. The second-order valence-corrected chi connectivity index (χ2v) is 6.81. The van der Waals surface area contributed by atoms with Gasteiger partial charge >= 0.3 is 0 Å². The van der Waals surface area contributed by atoms with E-state index in [1.54, 1.807) is 0 Å². The minimum Gasteiger partial charge on any atom is -0.365 e. The number of piperidine rings is 1. The highest BCUT2D eigenvalue weighted by molar-refractivity contribution is 5.34. The fourth-order valence-corrected chi connectivity index (χ4v) is 3.76. The lowest BCUT2D eigenvalue weighted by Crippen LogP contribution is -2.44. The molecular weight excluding hydrogens is 260 g/mol. The quantitative estimate of drug-likeness (QED) is 0.923. The lowest BCUT2D eigenvalue weighted by molar-refractivity contribution is 0.166. The van der Waals surface area contributed by atoms with E-state index in [-0.39, 0.29) is 0 Å². The molecule has 1 aliphatic carbocycles. The Hall–Kier alpha value is -1.16. The molecule has 0 spiro atoms. The van der Waals surface area contributed by atoms with E-state index >= 15 is 0 Å². The molecule has 0 bridgehead atoms. The van der Waals surface area contributed by atoms with Crippen molar-refractivity contribution in [2.24, 2.45) is 5.92 Å². The van der Waals surface area contributed by atoms with E-state index in [9.17, 15) is 0 Å². The molecule has 0 aromatic carbocycles. The van der Waals surface area contributed by atoms with Gasteiger partial charge in [-0.05, 0) is 57.2 Å². The first-order valence-electron chi connectivity index (χ1n) is 8.59. The number of anilines is 1. The van der Waals surface area contributed by atoms with Crippen LogP contribution in [-0.2, 0) is 0 Å². The van der Waals surface area contributed by atoms with Crippen LogP contribution in [0.3, 0.4) is 0 Å². The largest absolute Gasteiger partial charge is 0.365 e. The van der Waals surface area contributed by atoms with Crippen molar-refractivity contribution >= 4 is 5.82 Å². The normalized spacial score (nSPS) is 24.9. The molecule has 1 aromatic heterocycles. The molecule has 1 atom stereocenters. The molecule has 0 unspecified atom stereocenters. The van der Waals surface area contributed by atoms with Crippen molar-refractivity contribution in [2.45, 2.75) is 57.9 Å². The molecule has 4 nitrogen and oxygen atoms in total. The van der Waals surface area contributed by atoms with Crippen LogP contribution in [0.2, 0.25) is 0 Å². The molecule has 4 heteroatoms. The molecule has 2 heterocycles. The summed E-state index contributed by atoms with van der Waals surface area (Å²) in [7, 11) is 0. The molecule has 1 saturated heterocycles. The van der Waals surface area contributed by atoms with Crippen LogP contribution >= 0.6 is 0 Å². The number of hydrogen-bond donors (Lipinski definition) is 1. The number of aromatic nitrogens is 2. The van der Waals surface area contributed by atoms with Crippen molar-refractivity contribution in [3.8, 4) is 0 Å². The van der Waals surface area contributed by atoms with E-state index in [0.717, 1.165) is 24.0 Å². The van der Waals surface area contributed by atoms with Crippen molar-refractivity contribution in [1.29, 1.82) is 0 Å². The molecule has 1 saturated carbocycles. The Morgan fingerprint density at radius 3 is 2.71 bits per heavy atom. The Kier molecular flexibility index (Phi) is 5.07. The van der Waals surface area contributed by atoms with Crippen molar-refractivity contribution in [3.63, 3.8) is 0 Å². The van der Waals surface area contributed by atoms with Crippen molar-refractivity contribution in [3.05, 3.63) is 17.8 Å². The number of rotatable bonds is 4. The zero-order valence-corrected chi connectivity index (χ0v) is 13.2. The SMILES string of the molecule is Cc1ccc(N[C@@H]2CCCN(CC3CCCCC3)C2)nn1. The fourth-order valence-electron chi connectivity index (χ4n) is 3.76. The molecule has 116 valence electrons. The first-order valence-corrected chi connectivity index (χ1v) is 8.59. The van der Waals surface area contributed by atoms with Gasteiger partial charge in [0.05, 0.1) is 5.69 Å². The molecule has 1 aromatic rings. The third kappa shape index (κ3) is 4.40. The molecule has 1 N–H and O–H groups in total. The number of likely N-dealkylation sites (tertiary alicyclic amines) is 1. The van der Waals surface area contributed by atoms with Gasteiger partial charge in [0.1, 0.15) is 5.82 Å². The van der Waals surface area contributed by atoms with E-state index < -0.39 is 0 Å². The summed E-state index contributed by atoms with van der Waals surface area (Å²) in [5.41, 5.74) is 0.975. The van der Waals surface area contributed by atoms with Gasteiger partial charge in [0, 0.05) is 19.1 Å². The molecule has 21 heavy (non-hydrogen) atoms. The van der Waals surface area contributed by atoms with E-state index in [2.05, 4.69) is 20.4 Å². The first-order chi connectivity index (χ1) is 10.3. The van der Waals surface area contributed by atoms with Crippen LogP contribution in [0.5, 0.6) is 0 Å². The summed E-state index contributed by atoms with van der Waals surface area (Å²) in [6.45, 7) is 5.71. The highest BCUT2D eigenvalue weighted by Crippen LogP contribution is 2.25. The lowest BCUT2D eigenvalue weighted by Gasteiger charge is -2.36. The molecule has 0 radical (unpaired) electrons. The van der Waals surface area contributed by atoms with Gasteiger partial charge in [-0.1, -0.05) is 19.3 Å². The summed E-state index contributed by atoms with van der Waals surface area (Å²) in [6, 6.07) is 4.60. The second-order valence-electron chi connectivity index (χ2n) is 6.81. The summed E-state index contributed by atoms with van der Waals surface area (Å²) in [5.74, 6) is 1.86. The van der Waals surface area contributed by atoms with Crippen molar-refractivity contribution < 1.29 is 0 Å². The van der Waals surface area contributed by atoms with E-state index in [4.69, 9.17) is 0 Å². The monoisotopic (exact) mass is 288 g/mol. The predicted molar refractivity (Wildman–Crippen MR) is 86.4 cm³/mol. The Morgan fingerprint density at radius 2 is 1.95 bits per heavy atom. The van der Waals surface area contributed by atoms with Gasteiger partial charge in [0.25, 0.3) is 0 Å². The third-order valence-corrected chi connectivity index (χ3v) is 4.90. The van der Waals surface area contributed by atoms with Crippen LogP contribution in [0, 0.1) is 12.8 Å². The van der Waals surface area contributed by atoms with Crippen LogP contribution in [0.1, 0.15) is 50.6 Å². The number of hydrogen-bond acceptors (Lipinski definition) is 4. The third-order valence-electron chi connectivity index (χ3n) is 4.90. The Balaban J connectivity index is 1.49. The minimum atomic E-state index is 0.527. The smallest absolute Gasteiger partial charge is 0.148 e. The molecular formula is C17H28N4. The first kappa shape index (κ1) is 14.8. The Morgan fingerprint density at radius 1 is 1.10 bits per heavy atom. The van der Waals surface area contributed by atoms with Gasteiger partial charge in [0.15, 0.2) is 0 Å². The van der Waals surface area contributed by atoms with Gasteiger partial charge in [0.2, 0.25) is 0 Å². The van der Waals surface area contributed by atoms with Crippen LogP contribution in [-0.4, -0.2) is 40.8 Å². The highest BCUT2D eigenvalue weighted by atomic mass is 15.2. The van der Waals surface area contributed by atoms with Gasteiger partial charge in [-0.25, -0.2) is 0 Å². The average Bonchev–Trinajstić information content (AvgIpc) is 2.51. The van der Waals surface area contributed by atoms with Crippen LogP contribution in [0.15, 0.2) is 12.1 Å². The van der Waals surface area contributed by atoms with Crippen LogP contribution in [0.4, 0.5) is 5.82 Å². The van der Waals surface area contributed by atoms with Gasteiger partial charge in [-0.3, -0.25) is 0 Å². The van der Waals surface area contributed by atoms with Gasteiger partial charge < -0.3 is 10.2 Å². The standard InChI is InChI=1S/C17H28N4/c1-14-9-10-17(20-19-14)18-16-8-5-11-21(13-16)12-15-6-3-2-4-7-15/h9-10,15-16H,2-8,11-13H2,1H3,(H,18,20)/t16-/m1/s1. The second kappa shape index (κ2) is 7.21. The van der Waals surface area contributed by atoms with Crippen LogP contribution in [0.25, 0.3) is 0 Å². The van der Waals surface area contributed by atoms with Gasteiger partial charge in [-0.2, -0.15) is 5.10 Å². The summed E-state index contributed by atoms with van der Waals surface area (Å²) in [5, 5.41) is 11.9. The zero-order chi connectivity index (χ0) is 14.5. The Bertz CT molecular complexity index is 425. The maximum Gasteiger partial charge on any atom is 0.148 e. The van der Waals surface area contributed by atoms with Crippen LogP contribution < -0.4 is 5.32 Å². The highest BCUT2D eigenvalue weighted by Gasteiger charge is 2.23. The number of nitrogens with zero attached hydrogens (tertiary/aromatic N) is 3. The molecule has 2 fully saturated rings. The summed E-state index contributed by atoms with van der Waals surface area (Å²) in [4.78, 5) is 2.67.